The summed E-state index contributed by atoms with van der Waals surface area (Å²) in [4.78, 5) is 3.93. The molecular formula is C12H18N3O2+. The Hall–Kier alpha value is -1.62. The largest absolute Gasteiger partial charge is 0.354 e. The monoisotopic (exact) mass is 236 g/mol. The van der Waals surface area contributed by atoms with Crippen molar-refractivity contribution in [2.45, 2.75) is 38.8 Å². The van der Waals surface area contributed by atoms with Gasteiger partial charge in [-0.15, -0.1) is 5.06 Å². The number of hydroxylamine groups is 3. The van der Waals surface area contributed by atoms with Gasteiger partial charge in [0, 0.05) is 12.4 Å². The van der Waals surface area contributed by atoms with E-state index in [9.17, 15) is 10.4 Å². The Morgan fingerprint density at radius 3 is 2.12 bits per heavy atom. The number of hydrogen-bond donors (Lipinski definition) is 2. The topological polar surface area (TPSA) is 59.6 Å². The molecule has 0 atom stereocenters. The van der Waals surface area contributed by atoms with Crippen LogP contribution in [0.5, 0.6) is 0 Å². The van der Waals surface area contributed by atoms with Crippen molar-refractivity contribution in [3.63, 3.8) is 0 Å². The zero-order valence-electron chi connectivity index (χ0n) is 10.5. The molecule has 1 aliphatic rings. The molecule has 92 valence electrons. The molecule has 0 aromatic carbocycles. The van der Waals surface area contributed by atoms with Crippen LogP contribution in [0.15, 0.2) is 24.5 Å². The van der Waals surface area contributed by atoms with Gasteiger partial charge in [-0.2, -0.15) is 0 Å². The molecule has 5 heteroatoms. The summed E-state index contributed by atoms with van der Waals surface area (Å²) in [5.41, 5.74) is -0.468. The second-order valence-corrected chi connectivity index (χ2v) is 5.30. The highest BCUT2D eigenvalue weighted by atomic mass is 16.5. The lowest BCUT2D eigenvalue weighted by Gasteiger charge is -2.29. The predicted molar refractivity (Wildman–Crippen MR) is 62.2 cm³/mol. The third-order valence-electron chi connectivity index (χ3n) is 3.90. The average molecular weight is 236 g/mol. The van der Waals surface area contributed by atoms with Gasteiger partial charge in [0.2, 0.25) is 0 Å². The Kier molecular flexibility index (Phi) is 2.39. The van der Waals surface area contributed by atoms with Crippen LogP contribution in [0.1, 0.15) is 33.3 Å². The zero-order chi connectivity index (χ0) is 12.8. The van der Waals surface area contributed by atoms with Crippen molar-refractivity contribution in [1.29, 1.82) is 0 Å². The minimum Gasteiger partial charge on any atom is -0.354 e. The number of hydrogen-bond acceptors (Lipinski definition) is 4. The minimum absolute atomic E-state index is 0.377. The van der Waals surface area contributed by atoms with Crippen LogP contribution in [0.2, 0.25) is 0 Å². The molecule has 5 nitrogen and oxygen atoms in total. The van der Waals surface area contributed by atoms with Gasteiger partial charge in [-0.05, 0) is 39.8 Å². The number of aromatic nitrogens is 1. The van der Waals surface area contributed by atoms with Gasteiger partial charge < -0.3 is 5.21 Å². The van der Waals surface area contributed by atoms with E-state index in [0.717, 1.165) is 15.4 Å². The van der Waals surface area contributed by atoms with Crippen LogP contribution >= 0.6 is 0 Å². The molecule has 17 heavy (non-hydrogen) atoms. The molecule has 0 spiro atoms. The van der Waals surface area contributed by atoms with Crippen LogP contribution in [0.3, 0.4) is 0 Å². The smallest absolute Gasteiger partial charge is 0.349 e. The quantitative estimate of drug-likeness (QED) is 0.573. The minimum atomic E-state index is -0.597. The first-order valence-corrected chi connectivity index (χ1v) is 5.55. The van der Waals surface area contributed by atoms with E-state index in [0.29, 0.717) is 5.84 Å². The average Bonchev–Trinajstić information content (AvgIpc) is 2.40. The second kappa shape index (κ2) is 3.43. The van der Waals surface area contributed by atoms with Crippen molar-refractivity contribution in [2.75, 3.05) is 0 Å². The van der Waals surface area contributed by atoms with Crippen molar-refractivity contribution in [1.82, 2.24) is 10.0 Å². The molecule has 0 radical (unpaired) electrons. The molecular weight excluding hydrogens is 218 g/mol. The highest BCUT2D eigenvalue weighted by molar-refractivity contribution is 5.95. The molecule has 0 unspecified atom stereocenters. The Bertz CT molecular complexity index is 466. The van der Waals surface area contributed by atoms with Crippen LogP contribution in [0.25, 0.3) is 0 Å². The molecule has 0 amide bonds. The first kappa shape index (κ1) is 11.9. The number of rotatable bonds is 1. The summed E-state index contributed by atoms with van der Waals surface area (Å²) >= 11 is 0. The lowest BCUT2D eigenvalue weighted by Crippen LogP contribution is -2.54. The molecule has 2 rings (SSSR count). The molecule has 0 saturated heterocycles. The Balaban J connectivity index is 2.59. The molecule has 1 aliphatic heterocycles. The van der Waals surface area contributed by atoms with E-state index >= 15 is 0 Å². The van der Waals surface area contributed by atoms with Crippen LogP contribution in [-0.2, 0) is 0 Å². The van der Waals surface area contributed by atoms with Gasteiger partial charge in [0.25, 0.3) is 0 Å². The van der Waals surface area contributed by atoms with Crippen molar-refractivity contribution < 1.29 is 15.2 Å². The van der Waals surface area contributed by atoms with Crippen LogP contribution in [0.4, 0.5) is 0 Å². The molecule has 0 aliphatic carbocycles. The van der Waals surface area contributed by atoms with Gasteiger partial charge >= 0.3 is 5.84 Å². The van der Waals surface area contributed by atoms with Gasteiger partial charge in [-0.1, -0.05) is 4.74 Å². The van der Waals surface area contributed by atoms with Crippen molar-refractivity contribution in [3.8, 4) is 0 Å². The normalized spacial score (nSPS) is 22.1. The van der Waals surface area contributed by atoms with Gasteiger partial charge in [0.15, 0.2) is 11.1 Å². The third-order valence-corrected chi connectivity index (χ3v) is 3.90. The van der Waals surface area contributed by atoms with E-state index in [1.807, 2.05) is 27.7 Å². The molecule has 0 fully saturated rings. The fourth-order valence-electron chi connectivity index (χ4n) is 1.88. The lowest BCUT2D eigenvalue weighted by atomic mass is 9.84. The van der Waals surface area contributed by atoms with Crippen molar-refractivity contribution in [2.24, 2.45) is 0 Å². The van der Waals surface area contributed by atoms with Crippen LogP contribution in [-0.4, -0.2) is 42.1 Å². The maximum atomic E-state index is 10.3. The highest BCUT2D eigenvalue weighted by Crippen LogP contribution is 2.36. The SMILES string of the molecule is CC1(C)N(O)C(c2ccncc2)=[N+](O)C1(C)C. The summed E-state index contributed by atoms with van der Waals surface area (Å²) in [5, 5.41) is 21.6. The molecule has 0 saturated carbocycles. The van der Waals surface area contributed by atoms with Gasteiger partial charge in [0.05, 0.1) is 5.56 Å². The number of pyridine rings is 1. The number of amidine groups is 1. The van der Waals surface area contributed by atoms with Crippen LogP contribution < -0.4 is 0 Å². The van der Waals surface area contributed by atoms with Crippen molar-refractivity contribution in [3.05, 3.63) is 30.1 Å². The summed E-state index contributed by atoms with van der Waals surface area (Å²) in [6.07, 6.45) is 3.25. The maximum Gasteiger partial charge on any atom is 0.349 e. The summed E-state index contributed by atoms with van der Waals surface area (Å²) in [5.74, 6) is 0.377. The molecule has 2 N–H and O–H groups in total. The fourth-order valence-corrected chi connectivity index (χ4v) is 1.88. The Labute approximate surface area is 101 Å². The van der Waals surface area contributed by atoms with Gasteiger partial charge in [0.1, 0.15) is 0 Å². The van der Waals surface area contributed by atoms with Crippen molar-refractivity contribution >= 4 is 5.84 Å². The summed E-state index contributed by atoms with van der Waals surface area (Å²) in [6, 6.07) is 3.50. The van der Waals surface area contributed by atoms with E-state index in [1.54, 1.807) is 24.5 Å². The highest BCUT2D eigenvalue weighted by Gasteiger charge is 2.62. The fraction of sp³-hybridized carbons (Fsp3) is 0.500. The maximum absolute atomic E-state index is 10.3. The van der Waals surface area contributed by atoms with E-state index in [1.165, 1.54) is 0 Å². The number of nitrogens with zero attached hydrogens (tertiary/aromatic N) is 3. The lowest BCUT2D eigenvalue weighted by molar-refractivity contribution is -0.820. The molecule has 0 bridgehead atoms. The van der Waals surface area contributed by atoms with Crippen LogP contribution in [0, 0.1) is 0 Å². The van der Waals surface area contributed by atoms with Gasteiger partial charge in [-0.25, -0.2) is 5.21 Å². The summed E-state index contributed by atoms with van der Waals surface area (Å²) in [6.45, 7) is 7.52. The molecule has 2 heterocycles. The predicted octanol–water partition coefficient (Wildman–Crippen LogP) is 1.49. The van der Waals surface area contributed by atoms with E-state index in [-0.39, 0.29) is 0 Å². The molecule has 1 aromatic heterocycles. The third kappa shape index (κ3) is 1.42. The Morgan fingerprint density at radius 1 is 1.18 bits per heavy atom. The summed E-state index contributed by atoms with van der Waals surface area (Å²) < 4.78 is 1.11. The Morgan fingerprint density at radius 2 is 1.71 bits per heavy atom. The second-order valence-electron chi connectivity index (χ2n) is 5.30. The van der Waals surface area contributed by atoms with Gasteiger partial charge in [-0.3, -0.25) is 4.98 Å². The van der Waals surface area contributed by atoms with E-state index in [4.69, 9.17) is 0 Å². The first-order valence-electron chi connectivity index (χ1n) is 5.55. The standard InChI is InChI=1S/C12H18N3O2/c1-11(2)12(3,4)15(17)10(14(11)16)9-5-7-13-8-6-9/h5-8,16-17H,1-4H3/q+1. The van der Waals surface area contributed by atoms with E-state index < -0.39 is 11.1 Å². The zero-order valence-corrected chi connectivity index (χ0v) is 10.5. The summed E-state index contributed by atoms with van der Waals surface area (Å²) in [7, 11) is 0. The van der Waals surface area contributed by atoms with E-state index in [2.05, 4.69) is 4.98 Å². The molecule has 1 aromatic rings. The first-order chi connectivity index (χ1) is 7.80.